The molecule has 3 aliphatic carbocycles. The van der Waals surface area contributed by atoms with Crippen molar-refractivity contribution in [1.29, 1.82) is 0 Å². The Morgan fingerprint density at radius 2 is 1.93 bits per heavy atom. The van der Waals surface area contributed by atoms with Crippen molar-refractivity contribution in [2.75, 3.05) is 7.11 Å². The SMILES string of the molecule is COC(=O)CCC(=O)NC12CC3CC(C1)C[C@]1(CCCC(O)C1)OOC(C3)C2. The second-order valence-corrected chi connectivity index (χ2v) is 9.66. The predicted octanol–water partition coefficient (Wildman–Crippen LogP) is 2.40. The molecule has 0 aromatic heterocycles. The molecule has 2 N–H and O–H groups in total. The molecular weight excluding hydrogens is 362 g/mol. The van der Waals surface area contributed by atoms with Crippen LogP contribution in [0.4, 0.5) is 0 Å². The molecule has 2 aliphatic heterocycles. The monoisotopic (exact) mass is 395 g/mol. The summed E-state index contributed by atoms with van der Waals surface area (Å²) >= 11 is 0. The fourth-order valence-electron chi connectivity index (χ4n) is 6.41. The third kappa shape index (κ3) is 4.36. The highest BCUT2D eigenvalue weighted by molar-refractivity contribution is 5.81. The molecule has 6 atom stereocenters. The lowest BCUT2D eigenvalue weighted by molar-refractivity contribution is -0.397. The number of rotatable bonds is 4. The third-order valence-corrected chi connectivity index (χ3v) is 7.23. The summed E-state index contributed by atoms with van der Waals surface area (Å²) in [5.74, 6) is 0.521. The van der Waals surface area contributed by atoms with Crippen LogP contribution in [-0.4, -0.2) is 47.4 Å². The summed E-state index contributed by atoms with van der Waals surface area (Å²) in [6.07, 6.45) is 8.91. The molecule has 4 bridgehead atoms. The maximum Gasteiger partial charge on any atom is 0.306 e. The Morgan fingerprint density at radius 3 is 2.71 bits per heavy atom. The molecule has 7 heteroatoms. The Kier molecular flexibility index (Phi) is 5.69. The van der Waals surface area contributed by atoms with Crippen molar-refractivity contribution in [3.63, 3.8) is 0 Å². The van der Waals surface area contributed by atoms with Crippen LogP contribution in [0.15, 0.2) is 0 Å². The van der Waals surface area contributed by atoms with Crippen molar-refractivity contribution in [3.05, 3.63) is 0 Å². The number of hydrogen-bond acceptors (Lipinski definition) is 6. The lowest BCUT2D eigenvalue weighted by Gasteiger charge is -2.50. The van der Waals surface area contributed by atoms with Gasteiger partial charge < -0.3 is 15.2 Å². The van der Waals surface area contributed by atoms with Gasteiger partial charge >= 0.3 is 5.97 Å². The number of amides is 1. The average Bonchev–Trinajstić information content (AvgIpc) is 2.69. The average molecular weight is 395 g/mol. The number of aliphatic hydroxyl groups is 1. The van der Waals surface area contributed by atoms with Gasteiger partial charge in [0.2, 0.25) is 5.91 Å². The Morgan fingerprint density at radius 1 is 1.11 bits per heavy atom. The molecule has 28 heavy (non-hydrogen) atoms. The minimum absolute atomic E-state index is 0.0327. The molecule has 1 amide bonds. The van der Waals surface area contributed by atoms with Gasteiger partial charge in [0.1, 0.15) is 5.60 Å². The number of fused-ring (bicyclic) bond motifs is 1. The van der Waals surface area contributed by atoms with Crippen LogP contribution in [0, 0.1) is 11.8 Å². The van der Waals surface area contributed by atoms with Gasteiger partial charge in [0, 0.05) is 18.4 Å². The molecule has 2 saturated heterocycles. The first kappa shape index (κ1) is 20.1. The van der Waals surface area contributed by atoms with Crippen LogP contribution in [0.2, 0.25) is 0 Å². The van der Waals surface area contributed by atoms with Crippen LogP contribution in [-0.2, 0) is 24.1 Å². The maximum absolute atomic E-state index is 12.5. The zero-order valence-corrected chi connectivity index (χ0v) is 16.8. The summed E-state index contributed by atoms with van der Waals surface area (Å²) in [6, 6.07) is 0. The Hall–Kier alpha value is -1.18. The Labute approximate surface area is 166 Å². The highest BCUT2D eigenvalue weighted by atomic mass is 17.2. The second-order valence-electron chi connectivity index (χ2n) is 9.66. The van der Waals surface area contributed by atoms with Gasteiger partial charge in [0.05, 0.1) is 25.7 Å². The third-order valence-electron chi connectivity index (χ3n) is 7.23. The van der Waals surface area contributed by atoms with Gasteiger partial charge in [0.25, 0.3) is 0 Å². The molecule has 158 valence electrons. The Bertz CT molecular complexity index is 612. The number of methoxy groups -OCH3 is 1. The normalized spacial score (nSPS) is 42.5. The van der Waals surface area contributed by atoms with Gasteiger partial charge in [-0.25, -0.2) is 9.78 Å². The first-order valence-corrected chi connectivity index (χ1v) is 10.8. The number of carbonyl (C=O) groups is 2. The molecule has 2 heterocycles. The highest BCUT2D eigenvalue weighted by Crippen LogP contribution is 2.52. The van der Waals surface area contributed by atoms with E-state index < -0.39 is 5.60 Å². The second kappa shape index (κ2) is 7.92. The first-order valence-electron chi connectivity index (χ1n) is 10.8. The van der Waals surface area contributed by atoms with Crippen molar-refractivity contribution in [1.82, 2.24) is 5.32 Å². The van der Waals surface area contributed by atoms with Gasteiger partial charge in [-0.05, 0) is 69.6 Å². The van der Waals surface area contributed by atoms with Gasteiger partial charge in [-0.2, -0.15) is 0 Å². The van der Waals surface area contributed by atoms with Crippen LogP contribution in [0.1, 0.15) is 77.0 Å². The minimum atomic E-state index is -0.391. The molecule has 3 saturated carbocycles. The molecule has 5 rings (SSSR count). The van der Waals surface area contributed by atoms with Gasteiger partial charge in [-0.15, -0.1) is 0 Å². The number of ether oxygens (including phenoxy) is 1. The molecule has 0 aromatic carbocycles. The summed E-state index contributed by atoms with van der Waals surface area (Å²) in [7, 11) is 1.34. The molecule has 0 radical (unpaired) electrons. The fraction of sp³-hybridized carbons (Fsp3) is 0.905. The van der Waals surface area contributed by atoms with Gasteiger partial charge in [-0.1, -0.05) is 0 Å². The van der Waals surface area contributed by atoms with E-state index in [-0.39, 0.29) is 42.5 Å². The number of hydrogen-bond donors (Lipinski definition) is 2. The topological polar surface area (TPSA) is 94.1 Å². The molecule has 7 nitrogen and oxygen atoms in total. The largest absolute Gasteiger partial charge is 0.469 e. The molecule has 5 fully saturated rings. The van der Waals surface area contributed by atoms with Crippen LogP contribution in [0.5, 0.6) is 0 Å². The number of aliphatic hydroxyl groups excluding tert-OH is 1. The fourth-order valence-corrected chi connectivity index (χ4v) is 6.41. The van der Waals surface area contributed by atoms with E-state index in [0.717, 1.165) is 57.8 Å². The van der Waals surface area contributed by atoms with E-state index in [1.165, 1.54) is 7.11 Å². The molecular formula is C21H33NO6. The molecule has 5 unspecified atom stereocenters. The van der Waals surface area contributed by atoms with E-state index in [2.05, 4.69) is 10.1 Å². The van der Waals surface area contributed by atoms with Crippen molar-refractivity contribution in [2.24, 2.45) is 11.8 Å². The van der Waals surface area contributed by atoms with E-state index in [9.17, 15) is 14.7 Å². The van der Waals surface area contributed by atoms with Crippen LogP contribution in [0.25, 0.3) is 0 Å². The first-order chi connectivity index (χ1) is 13.4. The van der Waals surface area contributed by atoms with Gasteiger partial charge in [0.15, 0.2) is 0 Å². The van der Waals surface area contributed by atoms with E-state index in [1.807, 2.05) is 0 Å². The summed E-state index contributed by atoms with van der Waals surface area (Å²) in [5.41, 5.74) is -0.663. The quantitative estimate of drug-likeness (QED) is 0.561. The van der Waals surface area contributed by atoms with E-state index in [4.69, 9.17) is 9.78 Å². The van der Waals surface area contributed by atoms with Crippen LogP contribution < -0.4 is 5.32 Å². The summed E-state index contributed by atoms with van der Waals surface area (Å²) in [5, 5.41) is 13.5. The number of carbonyl (C=O) groups excluding carboxylic acids is 2. The smallest absolute Gasteiger partial charge is 0.306 e. The van der Waals surface area contributed by atoms with Crippen molar-refractivity contribution >= 4 is 11.9 Å². The molecule has 0 aromatic rings. The maximum atomic E-state index is 12.5. The minimum Gasteiger partial charge on any atom is -0.469 e. The Balaban J connectivity index is 1.48. The van der Waals surface area contributed by atoms with Crippen molar-refractivity contribution < 1.29 is 29.2 Å². The van der Waals surface area contributed by atoms with Gasteiger partial charge in [-0.3, -0.25) is 9.59 Å². The highest BCUT2D eigenvalue weighted by Gasteiger charge is 2.52. The summed E-state index contributed by atoms with van der Waals surface area (Å²) in [6.45, 7) is 0. The predicted molar refractivity (Wildman–Crippen MR) is 100.0 cm³/mol. The summed E-state index contributed by atoms with van der Waals surface area (Å²) < 4.78 is 4.64. The standard InChI is InChI=1S/C21H33NO6/c1-26-19(25)5-4-18(24)22-20-9-14-7-15(10-20)11-21(6-2-3-16(23)12-21)28-27-17(8-14)13-20/h14-17,23H,2-13H2,1H3,(H,22,24)/t14?,15?,16?,17?,20?,21-/m0/s1. The lowest BCUT2D eigenvalue weighted by Crippen LogP contribution is -2.57. The molecule has 5 aliphatic rings. The lowest BCUT2D eigenvalue weighted by atomic mass is 9.60. The zero-order chi connectivity index (χ0) is 19.8. The number of esters is 1. The zero-order valence-electron chi connectivity index (χ0n) is 16.8. The van der Waals surface area contributed by atoms with Crippen LogP contribution in [0.3, 0.4) is 0 Å². The van der Waals surface area contributed by atoms with E-state index in [0.29, 0.717) is 18.3 Å². The van der Waals surface area contributed by atoms with Crippen molar-refractivity contribution in [2.45, 2.75) is 100 Å². The van der Waals surface area contributed by atoms with E-state index >= 15 is 0 Å². The van der Waals surface area contributed by atoms with E-state index in [1.54, 1.807) is 0 Å². The number of nitrogens with one attached hydrogen (secondary N) is 1. The molecule has 1 spiro atoms. The van der Waals surface area contributed by atoms with Crippen LogP contribution >= 0.6 is 0 Å². The summed E-state index contributed by atoms with van der Waals surface area (Å²) in [4.78, 5) is 35.9. The van der Waals surface area contributed by atoms with Crippen molar-refractivity contribution in [3.8, 4) is 0 Å².